The number of hydrogen-bond donors (Lipinski definition) is 1. The van der Waals surface area contributed by atoms with Gasteiger partial charge in [-0.15, -0.1) is 0 Å². The lowest BCUT2D eigenvalue weighted by Gasteiger charge is -2.27. The third kappa shape index (κ3) is 5.86. The van der Waals surface area contributed by atoms with E-state index in [2.05, 4.69) is 34.3 Å². The first-order chi connectivity index (χ1) is 19.2. The van der Waals surface area contributed by atoms with Crippen molar-refractivity contribution < 1.29 is 32.5 Å². The molecule has 2 heterocycles. The number of aromatic nitrogens is 3. The Balaban J connectivity index is 1.34. The molecule has 10 heteroatoms. The monoisotopic (exact) mass is 551 g/mol. The molecule has 2 aromatic carbocycles. The van der Waals surface area contributed by atoms with Crippen molar-refractivity contribution in [1.82, 2.24) is 14.8 Å². The SMILES string of the molecule is COC1CCC(c2ccc(COc3ccccc3-c3cccc(-n4ncc(C(=O)O)c4C(F)(F)F)n3)cc2)CC1. The molecule has 0 aliphatic heterocycles. The number of halogens is 3. The highest BCUT2D eigenvalue weighted by Crippen LogP contribution is 2.36. The van der Waals surface area contributed by atoms with Crippen LogP contribution in [0.25, 0.3) is 17.1 Å². The van der Waals surface area contributed by atoms with E-state index in [1.807, 2.05) is 0 Å². The molecule has 40 heavy (non-hydrogen) atoms. The summed E-state index contributed by atoms with van der Waals surface area (Å²) < 4.78 is 53.3. The van der Waals surface area contributed by atoms with Crippen molar-refractivity contribution in [3.8, 4) is 22.8 Å². The van der Waals surface area contributed by atoms with E-state index < -0.39 is 23.4 Å². The Hall–Kier alpha value is -4.18. The Kier molecular flexibility index (Phi) is 7.88. The molecular weight excluding hydrogens is 523 g/mol. The van der Waals surface area contributed by atoms with Crippen molar-refractivity contribution in [2.75, 3.05) is 7.11 Å². The molecule has 0 atom stereocenters. The standard InChI is InChI=1S/C30H28F3N3O4/c1-39-22-15-13-21(14-16-22)20-11-9-19(10-12-20)18-40-26-7-3-2-5-23(26)25-6-4-8-27(35-25)36-28(30(31,32)33)24(17-34-36)29(37)38/h2-12,17,21-22H,13-16,18H2,1H3,(H,37,38). The predicted octanol–water partition coefficient (Wildman–Crippen LogP) is 6.90. The van der Waals surface area contributed by atoms with Gasteiger partial charge in [0.15, 0.2) is 11.5 Å². The van der Waals surface area contributed by atoms with Gasteiger partial charge < -0.3 is 14.6 Å². The van der Waals surface area contributed by atoms with Crippen molar-refractivity contribution in [1.29, 1.82) is 0 Å². The minimum atomic E-state index is -4.94. The van der Waals surface area contributed by atoms with Gasteiger partial charge in [0.1, 0.15) is 17.9 Å². The van der Waals surface area contributed by atoms with E-state index >= 15 is 0 Å². The highest BCUT2D eigenvalue weighted by Gasteiger charge is 2.41. The molecule has 5 rings (SSSR count). The Morgan fingerprint density at radius 3 is 2.40 bits per heavy atom. The molecule has 1 fully saturated rings. The maximum absolute atomic E-state index is 13.7. The maximum Gasteiger partial charge on any atom is 0.434 e. The lowest BCUT2D eigenvalue weighted by atomic mass is 9.82. The van der Waals surface area contributed by atoms with Gasteiger partial charge >= 0.3 is 12.1 Å². The fourth-order valence-corrected chi connectivity index (χ4v) is 5.13. The summed E-state index contributed by atoms with van der Waals surface area (Å²) in [6.45, 7) is 0.298. The van der Waals surface area contributed by atoms with Crippen LogP contribution in [0.1, 0.15) is 58.8 Å². The first-order valence-electron chi connectivity index (χ1n) is 12.9. The van der Waals surface area contributed by atoms with Crippen LogP contribution in [-0.4, -0.2) is 39.1 Å². The second kappa shape index (κ2) is 11.5. The van der Waals surface area contributed by atoms with E-state index in [1.165, 1.54) is 17.7 Å². The molecule has 0 spiro atoms. The number of alkyl halides is 3. The second-order valence-corrected chi connectivity index (χ2v) is 9.74. The van der Waals surface area contributed by atoms with Crippen LogP contribution in [0.15, 0.2) is 72.9 Å². The van der Waals surface area contributed by atoms with Crippen molar-refractivity contribution in [3.05, 3.63) is 95.3 Å². The Labute approximate surface area is 229 Å². The van der Waals surface area contributed by atoms with Crippen molar-refractivity contribution in [2.45, 2.75) is 50.5 Å². The fourth-order valence-electron chi connectivity index (χ4n) is 5.13. The molecule has 0 bridgehead atoms. The Bertz CT molecular complexity index is 1480. The molecule has 1 N–H and O–H groups in total. The van der Waals surface area contributed by atoms with Gasteiger partial charge in [0.2, 0.25) is 0 Å². The zero-order chi connectivity index (χ0) is 28.3. The molecule has 7 nitrogen and oxygen atoms in total. The van der Waals surface area contributed by atoms with Crippen LogP contribution < -0.4 is 4.74 Å². The molecule has 0 unspecified atom stereocenters. The highest BCUT2D eigenvalue weighted by molar-refractivity contribution is 5.89. The van der Waals surface area contributed by atoms with E-state index in [9.17, 15) is 23.1 Å². The number of hydrogen-bond acceptors (Lipinski definition) is 5. The first-order valence-corrected chi connectivity index (χ1v) is 12.9. The van der Waals surface area contributed by atoms with Gasteiger partial charge in [-0.05, 0) is 67.0 Å². The van der Waals surface area contributed by atoms with E-state index in [-0.39, 0.29) is 5.82 Å². The van der Waals surface area contributed by atoms with Crippen LogP contribution in [0, 0.1) is 0 Å². The molecule has 2 aromatic heterocycles. The molecule has 0 amide bonds. The normalized spacial score (nSPS) is 17.5. The molecule has 4 aromatic rings. The minimum absolute atomic E-state index is 0.165. The van der Waals surface area contributed by atoms with E-state index in [4.69, 9.17) is 9.47 Å². The van der Waals surface area contributed by atoms with Crippen LogP contribution >= 0.6 is 0 Å². The van der Waals surface area contributed by atoms with Gasteiger partial charge in [-0.3, -0.25) is 0 Å². The predicted molar refractivity (Wildman–Crippen MR) is 142 cm³/mol. The molecule has 208 valence electrons. The Morgan fingerprint density at radius 2 is 1.73 bits per heavy atom. The number of aromatic carboxylic acids is 1. The summed E-state index contributed by atoms with van der Waals surface area (Å²) in [5.41, 5.74) is 0.883. The summed E-state index contributed by atoms with van der Waals surface area (Å²) in [4.78, 5) is 15.7. The summed E-state index contributed by atoms with van der Waals surface area (Å²) in [6, 6.07) is 20.0. The zero-order valence-electron chi connectivity index (χ0n) is 21.8. The quantitative estimate of drug-likeness (QED) is 0.256. The van der Waals surface area contributed by atoms with Crippen LogP contribution in [0.4, 0.5) is 13.2 Å². The van der Waals surface area contributed by atoms with Crippen LogP contribution in [0.5, 0.6) is 5.75 Å². The smallest absolute Gasteiger partial charge is 0.434 e. The number of para-hydroxylation sites is 1. The van der Waals surface area contributed by atoms with Gasteiger partial charge in [-0.2, -0.15) is 18.3 Å². The van der Waals surface area contributed by atoms with E-state index in [1.54, 1.807) is 37.4 Å². The number of methoxy groups -OCH3 is 1. The summed E-state index contributed by atoms with van der Waals surface area (Å²) in [5, 5.41) is 12.9. The molecule has 1 saturated carbocycles. The van der Waals surface area contributed by atoms with Crippen LogP contribution in [-0.2, 0) is 17.5 Å². The summed E-state index contributed by atoms with van der Waals surface area (Å²) in [5.74, 6) is -0.848. The minimum Gasteiger partial charge on any atom is -0.488 e. The lowest BCUT2D eigenvalue weighted by molar-refractivity contribution is -0.143. The summed E-state index contributed by atoms with van der Waals surface area (Å²) >= 11 is 0. The molecule has 1 aliphatic rings. The van der Waals surface area contributed by atoms with Gasteiger partial charge in [0.05, 0.1) is 18.0 Å². The lowest BCUT2D eigenvalue weighted by Crippen LogP contribution is -2.19. The van der Waals surface area contributed by atoms with Crippen molar-refractivity contribution >= 4 is 5.97 Å². The van der Waals surface area contributed by atoms with Gasteiger partial charge in [0, 0.05) is 12.7 Å². The van der Waals surface area contributed by atoms with Crippen molar-refractivity contribution in [3.63, 3.8) is 0 Å². The fraction of sp³-hybridized carbons (Fsp3) is 0.300. The maximum atomic E-state index is 13.7. The third-order valence-corrected chi connectivity index (χ3v) is 7.24. The Morgan fingerprint density at radius 1 is 1.00 bits per heavy atom. The number of pyridine rings is 1. The average molecular weight is 552 g/mol. The third-order valence-electron chi connectivity index (χ3n) is 7.24. The summed E-state index contributed by atoms with van der Waals surface area (Å²) in [6.07, 6.45) is 0.428. The number of nitrogens with zero attached hydrogens (tertiary/aromatic N) is 3. The van der Waals surface area contributed by atoms with Crippen LogP contribution in [0.3, 0.4) is 0 Å². The largest absolute Gasteiger partial charge is 0.488 e. The number of carbonyl (C=O) groups is 1. The van der Waals surface area contributed by atoms with Gasteiger partial charge in [0.25, 0.3) is 0 Å². The highest BCUT2D eigenvalue weighted by atomic mass is 19.4. The first kappa shape index (κ1) is 27.4. The number of benzene rings is 2. The average Bonchev–Trinajstić information content (AvgIpc) is 3.44. The van der Waals surface area contributed by atoms with Crippen LogP contribution in [0.2, 0.25) is 0 Å². The molecular formula is C30H28F3N3O4. The molecule has 0 radical (unpaired) electrons. The van der Waals surface area contributed by atoms with Crippen molar-refractivity contribution in [2.24, 2.45) is 0 Å². The number of carboxylic acid groups (broad SMARTS) is 1. The number of ether oxygens (including phenoxy) is 2. The number of rotatable bonds is 8. The zero-order valence-corrected chi connectivity index (χ0v) is 21.8. The number of carboxylic acids is 1. The molecule has 1 aliphatic carbocycles. The van der Waals surface area contributed by atoms with Gasteiger partial charge in [-0.25, -0.2) is 14.5 Å². The van der Waals surface area contributed by atoms with E-state index in [0.717, 1.165) is 31.2 Å². The van der Waals surface area contributed by atoms with E-state index in [0.29, 0.717) is 46.5 Å². The van der Waals surface area contributed by atoms with Gasteiger partial charge in [-0.1, -0.05) is 42.5 Å². The topological polar surface area (TPSA) is 86.5 Å². The summed E-state index contributed by atoms with van der Waals surface area (Å²) in [7, 11) is 1.77. The molecule has 0 saturated heterocycles. The second-order valence-electron chi connectivity index (χ2n) is 9.74.